The lowest BCUT2D eigenvalue weighted by molar-refractivity contribution is -0.112. The summed E-state index contributed by atoms with van der Waals surface area (Å²) in [4.78, 5) is 28.5. The number of amides is 1. The van der Waals surface area contributed by atoms with Gasteiger partial charge in [0.2, 0.25) is 15.0 Å². The number of esters is 1. The number of sulfone groups is 1. The largest absolute Gasteiger partial charge is 0.422 e. The first-order valence-corrected chi connectivity index (χ1v) is 12.6. The molecular weight excluding hydrogens is 532 g/mol. The zero-order valence-electron chi connectivity index (χ0n) is 17.2. The predicted molar refractivity (Wildman–Crippen MR) is 126 cm³/mol. The molecule has 3 aromatic rings. The topological polar surface area (TPSA) is 139 Å². The molecule has 0 atom stereocenters. The summed E-state index contributed by atoms with van der Waals surface area (Å²) >= 11 is 4.01. The Morgan fingerprint density at radius 3 is 2.61 bits per heavy atom. The molecule has 12 heteroatoms. The number of nitrogens with one attached hydrogen (secondary N) is 1. The van der Waals surface area contributed by atoms with Crippen LogP contribution >= 0.6 is 27.5 Å². The van der Waals surface area contributed by atoms with Crippen LogP contribution in [-0.4, -0.2) is 35.9 Å². The first-order valence-electron chi connectivity index (χ1n) is 9.12. The Bertz CT molecular complexity index is 1420. The monoisotopic (exact) mass is 546 g/mol. The fourth-order valence-electron chi connectivity index (χ4n) is 2.51. The summed E-state index contributed by atoms with van der Waals surface area (Å²) in [7, 11) is -3.61. The van der Waals surface area contributed by atoms with Crippen molar-refractivity contribution < 1.29 is 22.7 Å². The SMILES string of the molecule is Cc1cccc(C(=O)Oc2ccc(C=C(C#N)C(=O)Nc3nc(S(C)(=O)=O)ns3)cc2Br)c1. The van der Waals surface area contributed by atoms with Crippen LogP contribution in [-0.2, 0) is 14.6 Å². The van der Waals surface area contributed by atoms with Crippen molar-refractivity contribution in [2.24, 2.45) is 0 Å². The van der Waals surface area contributed by atoms with Crippen LogP contribution < -0.4 is 10.1 Å². The number of hydrogen-bond donors (Lipinski definition) is 1. The van der Waals surface area contributed by atoms with Crippen molar-refractivity contribution in [1.29, 1.82) is 5.26 Å². The maximum atomic E-state index is 12.4. The molecule has 9 nitrogen and oxygen atoms in total. The molecule has 3 rings (SSSR count). The average molecular weight is 547 g/mol. The third kappa shape index (κ3) is 6.32. The second-order valence-electron chi connectivity index (χ2n) is 6.73. The quantitative estimate of drug-likeness (QED) is 0.213. The Kier molecular flexibility index (Phi) is 7.37. The van der Waals surface area contributed by atoms with E-state index in [1.807, 2.05) is 13.0 Å². The van der Waals surface area contributed by atoms with E-state index < -0.39 is 26.9 Å². The minimum absolute atomic E-state index is 0.0545. The van der Waals surface area contributed by atoms with Gasteiger partial charge in [0.1, 0.15) is 17.4 Å². The van der Waals surface area contributed by atoms with Crippen molar-refractivity contribution in [1.82, 2.24) is 9.36 Å². The summed E-state index contributed by atoms with van der Waals surface area (Å²) < 4.78 is 32.4. The van der Waals surface area contributed by atoms with Crippen LogP contribution in [0.1, 0.15) is 21.5 Å². The number of anilines is 1. The fraction of sp³-hybridized carbons (Fsp3) is 0.0952. The minimum atomic E-state index is -3.61. The number of halogens is 1. The van der Waals surface area contributed by atoms with Crippen molar-refractivity contribution >= 4 is 60.4 Å². The van der Waals surface area contributed by atoms with Gasteiger partial charge < -0.3 is 4.74 Å². The van der Waals surface area contributed by atoms with Crippen molar-refractivity contribution in [2.45, 2.75) is 12.1 Å². The van der Waals surface area contributed by atoms with Gasteiger partial charge in [-0.05, 0) is 58.8 Å². The Hall–Kier alpha value is -3.40. The highest BCUT2D eigenvalue weighted by Crippen LogP contribution is 2.28. The molecule has 0 aliphatic rings. The number of carbonyl (C=O) groups excluding carboxylic acids is 2. The molecule has 168 valence electrons. The van der Waals surface area contributed by atoms with Crippen molar-refractivity contribution in [2.75, 3.05) is 11.6 Å². The Morgan fingerprint density at radius 1 is 1.24 bits per heavy atom. The summed E-state index contributed by atoms with van der Waals surface area (Å²) in [5.74, 6) is -1.03. The first kappa shape index (κ1) is 24.2. The summed E-state index contributed by atoms with van der Waals surface area (Å²) in [6.07, 6.45) is 2.27. The van der Waals surface area contributed by atoms with Gasteiger partial charge in [-0.15, -0.1) is 0 Å². The fourth-order valence-corrected chi connectivity index (χ4v) is 4.43. The molecule has 1 amide bonds. The van der Waals surface area contributed by atoms with E-state index in [1.54, 1.807) is 36.4 Å². The molecular formula is C21H15BrN4O5S2. The van der Waals surface area contributed by atoms with Gasteiger partial charge in [-0.2, -0.15) is 14.6 Å². The van der Waals surface area contributed by atoms with Gasteiger partial charge in [-0.3, -0.25) is 10.1 Å². The highest BCUT2D eigenvalue weighted by molar-refractivity contribution is 9.10. The zero-order valence-corrected chi connectivity index (χ0v) is 20.4. The molecule has 0 bridgehead atoms. The Morgan fingerprint density at radius 2 is 2.00 bits per heavy atom. The van der Waals surface area contributed by atoms with Crippen LogP contribution in [0, 0.1) is 18.3 Å². The van der Waals surface area contributed by atoms with Crippen molar-refractivity contribution in [3.8, 4) is 11.8 Å². The number of benzene rings is 2. The molecule has 0 unspecified atom stereocenters. The first-order chi connectivity index (χ1) is 15.6. The number of nitrogens with zero attached hydrogens (tertiary/aromatic N) is 3. The minimum Gasteiger partial charge on any atom is -0.422 e. The molecule has 1 N–H and O–H groups in total. The molecule has 0 saturated carbocycles. The van der Waals surface area contributed by atoms with Crippen LogP contribution in [0.15, 0.2) is 57.7 Å². The molecule has 0 aliphatic carbocycles. The molecule has 33 heavy (non-hydrogen) atoms. The standard InChI is InChI=1S/C21H15BrN4O5S2/c1-12-4-3-5-14(8-12)19(28)31-17-7-6-13(10-16(17)22)9-15(11-23)18(27)24-20-25-21(26-32-20)33(2,29)30/h3-10H,1-2H3,(H,24,25,26,27). The molecule has 0 aliphatic heterocycles. The Balaban J connectivity index is 1.75. The van der Waals surface area contributed by atoms with E-state index in [2.05, 4.69) is 30.6 Å². The third-order valence-corrected chi connectivity index (χ3v) is 6.26. The van der Waals surface area contributed by atoms with Crippen LogP contribution in [0.4, 0.5) is 5.13 Å². The highest BCUT2D eigenvalue weighted by atomic mass is 79.9. The van der Waals surface area contributed by atoms with Gasteiger partial charge in [-0.1, -0.05) is 23.8 Å². The normalized spacial score (nSPS) is 11.5. The number of rotatable bonds is 6. The van der Waals surface area contributed by atoms with Crippen LogP contribution in [0.25, 0.3) is 6.08 Å². The number of aryl methyl sites for hydroxylation is 1. The maximum Gasteiger partial charge on any atom is 0.343 e. The van der Waals surface area contributed by atoms with Crippen LogP contribution in [0.2, 0.25) is 0 Å². The van der Waals surface area contributed by atoms with E-state index in [-0.39, 0.29) is 16.5 Å². The number of ether oxygens (including phenoxy) is 1. The summed E-state index contributed by atoms with van der Waals surface area (Å²) in [5.41, 5.74) is 1.57. The summed E-state index contributed by atoms with van der Waals surface area (Å²) in [6.45, 7) is 1.87. The van der Waals surface area contributed by atoms with Gasteiger partial charge in [-0.25, -0.2) is 13.2 Å². The molecule has 1 aromatic heterocycles. The van der Waals surface area contributed by atoms with E-state index in [0.717, 1.165) is 11.8 Å². The summed E-state index contributed by atoms with van der Waals surface area (Å²) in [6, 6.07) is 13.4. The maximum absolute atomic E-state index is 12.4. The van der Waals surface area contributed by atoms with Gasteiger partial charge in [0, 0.05) is 17.8 Å². The number of nitriles is 1. The number of aromatic nitrogens is 2. The number of hydrogen-bond acceptors (Lipinski definition) is 9. The van der Waals surface area contributed by atoms with Gasteiger partial charge in [0.05, 0.1) is 10.0 Å². The molecule has 0 fully saturated rings. The lowest BCUT2D eigenvalue weighted by atomic mass is 10.1. The van der Waals surface area contributed by atoms with Gasteiger partial charge >= 0.3 is 5.97 Å². The zero-order chi connectivity index (χ0) is 24.2. The predicted octanol–water partition coefficient (Wildman–Crippen LogP) is 3.78. The lowest BCUT2D eigenvalue weighted by Gasteiger charge is -2.08. The van der Waals surface area contributed by atoms with Gasteiger partial charge in [0.25, 0.3) is 11.1 Å². The molecule has 1 heterocycles. The molecule has 0 spiro atoms. The van der Waals surface area contributed by atoms with E-state index >= 15 is 0 Å². The molecule has 0 radical (unpaired) electrons. The van der Waals surface area contributed by atoms with Crippen LogP contribution in [0.3, 0.4) is 0 Å². The van der Waals surface area contributed by atoms with E-state index in [1.165, 1.54) is 12.1 Å². The highest BCUT2D eigenvalue weighted by Gasteiger charge is 2.18. The molecule has 0 saturated heterocycles. The van der Waals surface area contributed by atoms with Crippen LogP contribution in [0.5, 0.6) is 5.75 Å². The molecule has 2 aromatic carbocycles. The van der Waals surface area contributed by atoms with E-state index in [4.69, 9.17) is 4.74 Å². The average Bonchev–Trinajstić information content (AvgIpc) is 3.22. The summed E-state index contributed by atoms with van der Waals surface area (Å²) in [5, 5.41) is 11.3. The lowest BCUT2D eigenvalue weighted by Crippen LogP contribution is -2.13. The van der Waals surface area contributed by atoms with Crippen molar-refractivity contribution in [3.63, 3.8) is 0 Å². The van der Waals surface area contributed by atoms with Gasteiger partial charge in [0.15, 0.2) is 0 Å². The van der Waals surface area contributed by atoms with Crippen molar-refractivity contribution in [3.05, 3.63) is 69.2 Å². The van der Waals surface area contributed by atoms with E-state index in [9.17, 15) is 23.3 Å². The smallest absolute Gasteiger partial charge is 0.343 e. The second kappa shape index (κ2) is 10.0. The Labute approximate surface area is 202 Å². The third-order valence-electron chi connectivity index (χ3n) is 4.05. The van der Waals surface area contributed by atoms with E-state index in [0.29, 0.717) is 27.1 Å². The number of carbonyl (C=O) groups is 2. The second-order valence-corrected chi connectivity index (χ2v) is 10.2.